The van der Waals surface area contributed by atoms with E-state index in [0.29, 0.717) is 0 Å². The molecule has 0 aromatic carbocycles. The zero-order chi connectivity index (χ0) is 9.72. The minimum atomic E-state index is -1.63. The molecule has 1 amide bonds. The molecular weight excluding hydrogens is 165 g/mol. The van der Waals surface area contributed by atoms with Crippen LogP contribution in [0.5, 0.6) is 0 Å². The lowest BCUT2D eigenvalue weighted by Crippen LogP contribution is -2.39. The van der Waals surface area contributed by atoms with Crippen LogP contribution in [0, 0.1) is 5.92 Å². The van der Waals surface area contributed by atoms with Crippen molar-refractivity contribution in [2.24, 2.45) is 5.92 Å². The molecule has 0 aliphatic heterocycles. The topological polar surface area (TPSA) is 66.4 Å². The largest absolute Gasteiger partial charge is 0.465 e. The van der Waals surface area contributed by atoms with Crippen LogP contribution in [0.4, 0.5) is 9.18 Å². The number of carboxylic acid groups (broad SMARTS) is 1. The molecule has 0 aliphatic rings. The summed E-state index contributed by atoms with van der Waals surface area (Å²) >= 11 is 0. The molecule has 0 saturated carbocycles. The molecule has 4 nitrogen and oxygen atoms in total. The van der Waals surface area contributed by atoms with Crippen LogP contribution in [0.3, 0.4) is 0 Å². The Morgan fingerprint density at radius 3 is 2.25 bits per heavy atom. The molecule has 5 heteroatoms. The van der Waals surface area contributed by atoms with Gasteiger partial charge in [-0.3, -0.25) is 4.79 Å². The second-order valence-corrected chi connectivity index (χ2v) is 2.94. The number of carbonyl (C=O) groups excluding carboxylic acids is 1. The van der Waals surface area contributed by atoms with Gasteiger partial charge in [0.25, 0.3) is 0 Å². The van der Waals surface area contributed by atoms with E-state index < -0.39 is 18.2 Å². The van der Waals surface area contributed by atoms with Crippen molar-refractivity contribution in [2.45, 2.75) is 26.3 Å². The highest BCUT2D eigenvalue weighted by Crippen LogP contribution is 2.05. The second-order valence-electron chi connectivity index (χ2n) is 2.94. The number of carbonyl (C=O) groups is 2. The van der Waals surface area contributed by atoms with Gasteiger partial charge in [0, 0.05) is 0 Å². The van der Waals surface area contributed by atoms with Crippen LogP contribution < -0.4 is 5.32 Å². The quantitative estimate of drug-likeness (QED) is 0.633. The number of halogens is 1. The molecule has 0 radical (unpaired) electrons. The number of hydrogen-bond acceptors (Lipinski definition) is 2. The summed E-state index contributed by atoms with van der Waals surface area (Å²) in [6.45, 7) is 3.55. The van der Waals surface area contributed by atoms with E-state index in [-0.39, 0.29) is 12.3 Å². The van der Waals surface area contributed by atoms with Crippen molar-refractivity contribution < 1.29 is 19.1 Å². The fourth-order valence-electron chi connectivity index (χ4n) is 0.829. The first-order valence-electron chi connectivity index (χ1n) is 3.62. The predicted molar refractivity (Wildman–Crippen MR) is 40.5 cm³/mol. The molecule has 0 heterocycles. The Balaban J connectivity index is 4.04. The summed E-state index contributed by atoms with van der Waals surface area (Å²) in [5.41, 5.74) is 0. The Hall–Kier alpha value is -1.13. The first-order valence-corrected chi connectivity index (χ1v) is 3.62. The van der Waals surface area contributed by atoms with Crippen LogP contribution in [0.15, 0.2) is 0 Å². The molecule has 1 unspecified atom stereocenters. The molecule has 0 rings (SSSR count). The van der Waals surface area contributed by atoms with Gasteiger partial charge in [0.05, 0.1) is 0 Å². The Morgan fingerprint density at radius 1 is 1.50 bits per heavy atom. The van der Waals surface area contributed by atoms with Gasteiger partial charge in [-0.2, -0.15) is 4.39 Å². The van der Waals surface area contributed by atoms with E-state index in [2.05, 4.69) is 0 Å². The van der Waals surface area contributed by atoms with Gasteiger partial charge >= 0.3 is 12.1 Å². The summed E-state index contributed by atoms with van der Waals surface area (Å²) in [5, 5.41) is 10.0. The molecule has 0 fully saturated rings. The summed E-state index contributed by atoms with van der Waals surface area (Å²) in [7, 11) is 0. The van der Waals surface area contributed by atoms with Crippen molar-refractivity contribution >= 4 is 12.1 Å². The van der Waals surface area contributed by atoms with Crippen molar-refractivity contribution in [3.8, 4) is 0 Å². The summed E-state index contributed by atoms with van der Waals surface area (Å²) < 4.78 is 12.1. The predicted octanol–water partition coefficient (Wildman–Crippen LogP) is 1.16. The highest BCUT2D eigenvalue weighted by molar-refractivity contribution is 5.79. The van der Waals surface area contributed by atoms with E-state index in [1.807, 2.05) is 0 Å². The average molecular weight is 177 g/mol. The highest BCUT2D eigenvalue weighted by Gasteiger charge is 2.20. The van der Waals surface area contributed by atoms with Gasteiger partial charge < -0.3 is 10.4 Å². The number of amides is 1. The van der Waals surface area contributed by atoms with Crippen LogP contribution in [0.1, 0.15) is 20.3 Å². The third-order valence-electron chi connectivity index (χ3n) is 1.28. The molecule has 0 bridgehead atoms. The van der Waals surface area contributed by atoms with Gasteiger partial charge in [-0.05, 0) is 12.3 Å². The fraction of sp³-hybridized carbons (Fsp3) is 0.714. The monoisotopic (exact) mass is 177 g/mol. The maximum absolute atomic E-state index is 12.1. The van der Waals surface area contributed by atoms with E-state index in [0.717, 1.165) is 0 Å². The SMILES string of the molecule is CC(C)CC(NC(=O)O)C(=O)F. The summed E-state index contributed by atoms with van der Waals surface area (Å²) in [6, 6.07) is -2.85. The zero-order valence-corrected chi connectivity index (χ0v) is 7.00. The number of rotatable bonds is 4. The fourth-order valence-corrected chi connectivity index (χ4v) is 0.829. The minimum absolute atomic E-state index is 0.0709. The first-order chi connectivity index (χ1) is 5.43. The Kier molecular flexibility index (Phi) is 4.25. The van der Waals surface area contributed by atoms with Gasteiger partial charge in [-0.1, -0.05) is 13.8 Å². The van der Waals surface area contributed by atoms with E-state index in [9.17, 15) is 14.0 Å². The van der Waals surface area contributed by atoms with E-state index in [1.54, 1.807) is 19.2 Å². The molecule has 0 saturated heterocycles. The van der Waals surface area contributed by atoms with Crippen LogP contribution in [-0.2, 0) is 4.79 Å². The van der Waals surface area contributed by atoms with E-state index in [4.69, 9.17) is 5.11 Å². The van der Waals surface area contributed by atoms with Gasteiger partial charge in [-0.25, -0.2) is 4.79 Å². The van der Waals surface area contributed by atoms with Crippen LogP contribution >= 0.6 is 0 Å². The van der Waals surface area contributed by atoms with Crippen molar-refractivity contribution in [1.29, 1.82) is 0 Å². The Labute approximate surface area is 69.8 Å². The van der Waals surface area contributed by atoms with Crippen molar-refractivity contribution in [2.75, 3.05) is 0 Å². The minimum Gasteiger partial charge on any atom is -0.465 e. The maximum Gasteiger partial charge on any atom is 0.405 e. The standard InChI is InChI=1S/C7H12FNO3/c1-4(2)3-5(6(8)10)9-7(11)12/h4-5,9H,3H2,1-2H3,(H,11,12). The third-order valence-corrected chi connectivity index (χ3v) is 1.28. The molecule has 1 atom stereocenters. The maximum atomic E-state index is 12.1. The highest BCUT2D eigenvalue weighted by atomic mass is 19.1. The number of hydrogen-bond donors (Lipinski definition) is 2. The van der Waals surface area contributed by atoms with Crippen LogP contribution in [-0.4, -0.2) is 23.3 Å². The molecule has 12 heavy (non-hydrogen) atoms. The number of nitrogens with one attached hydrogen (secondary N) is 1. The van der Waals surface area contributed by atoms with Crippen molar-refractivity contribution in [3.05, 3.63) is 0 Å². The van der Waals surface area contributed by atoms with Gasteiger partial charge in [0.1, 0.15) is 6.04 Å². The molecule has 0 aromatic heterocycles. The third kappa shape index (κ3) is 4.65. The Bertz CT molecular complexity index is 181. The molecule has 0 aromatic rings. The van der Waals surface area contributed by atoms with Crippen LogP contribution in [0.2, 0.25) is 0 Å². The molecule has 2 N–H and O–H groups in total. The van der Waals surface area contributed by atoms with Crippen molar-refractivity contribution in [1.82, 2.24) is 5.32 Å². The Morgan fingerprint density at radius 2 is 2.00 bits per heavy atom. The lowest BCUT2D eigenvalue weighted by atomic mass is 10.0. The van der Waals surface area contributed by atoms with E-state index >= 15 is 0 Å². The molecule has 0 spiro atoms. The zero-order valence-electron chi connectivity index (χ0n) is 7.00. The normalized spacial score (nSPS) is 12.7. The lowest BCUT2D eigenvalue weighted by Gasteiger charge is -2.12. The van der Waals surface area contributed by atoms with Crippen LogP contribution in [0.25, 0.3) is 0 Å². The molecule has 0 aliphatic carbocycles. The summed E-state index contributed by atoms with van der Waals surface area (Å²) in [5.74, 6) is 0.0709. The summed E-state index contributed by atoms with van der Waals surface area (Å²) in [6.07, 6.45) is -1.20. The second kappa shape index (κ2) is 4.69. The lowest BCUT2D eigenvalue weighted by molar-refractivity contribution is -0.131. The summed E-state index contributed by atoms with van der Waals surface area (Å²) in [4.78, 5) is 20.3. The van der Waals surface area contributed by atoms with Crippen molar-refractivity contribution in [3.63, 3.8) is 0 Å². The van der Waals surface area contributed by atoms with Gasteiger partial charge in [-0.15, -0.1) is 0 Å². The van der Waals surface area contributed by atoms with Gasteiger partial charge in [0.15, 0.2) is 0 Å². The first kappa shape index (κ1) is 10.9. The van der Waals surface area contributed by atoms with E-state index in [1.165, 1.54) is 0 Å². The average Bonchev–Trinajstić information content (AvgIpc) is 1.83. The molecule has 70 valence electrons. The molecular formula is C7H12FNO3. The smallest absolute Gasteiger partial charge is 0.405 e. The van der Waals surface area contributed by atoms with Gasteiger partial charge in [0.2, 0.25) is 0 Å².